The van der Waals surface area contributed by atoms with E-state index in [1.165, 1.54) is 30.5 Å². The Kier molecular flexibility index (Phi) is 3.72. The van der Waals surface area contributed by atoms with E-state index in [4.69, 9.17) is 4.74 Å². The fourth-order valence-electron chi connectivity index (χ4n) is 1.47. The van der Waals surface area contributed by atoms with E-state index in [1.807, 2.05) is 0 Å². The van der Waals surface area contributed by atoms with E-state index in [2.05, 4.69) is 4.98 Å². The number of ether oxygens (including phenoxy) is 1. The topological polar surface area (TPSA) is 85.5 Å². The van der Waals surface area contributed by atoms with Crippen molar-refractivity contribution >= 4 is 5.69 Å². The number of pyridine rings is 1. The molecule has 1 N–H and O–H groups in total. The Morgan fingerprint density at radius 3 is 2.32 bits per heavy atom. The minimum atomic E-state index is -0.631. The van der Waals surface area contributed by atoms with Crippen molar-refractivity contribution in [2.24, 2.45) is 0 Å². The first-order valence-electron chi connectivity index (χ1n) is 5.62. The van der Waals surface area contributed by atoms with Crippen molar-refractivity contribution < 1.29 is 14.8 Å². The molecule has 0 saturated heterocycles. The van der Waals surface area contributed by atoms with Gasteiger partial charge in [0.05, 0.1) is 22.9 Å². The molecule has 1 aromatic carbocycles. The van der Waals surface area contributed by atoms with Gasteiger partial charge in [0.25, 0.3) is 5.69 Å². The number of aliphatic hydroxyl groups is 1. The highest BCUT2D eigenvalue weighted by Gasteiger charge is 2.06. The monoisotopic (exact) mass is 260 g/mol. The molecule has 0 aliphatic heterocycles. The van der Waals surface area contributed by atoms with Gasteiger partial charge in [-0.15, -0.1) is 0 Å². The summed E-state index contributed by atoms with van der Waals surface area (Å²) in [6, 6.07) is 9.10. The molecular weight excluding hydrogens is 248 g/mol. The van der Waals surface area contributed by atoms with Gasteiger partial charge < -0.3 is 9.84 Å². The van der Waals surface area contributed by atoms with Crippen molar-refractivity contribution in [2.75, 3.05) is 0 Å². The number of aliphatic hydroxyl groups excluding tert-OH is 1. The highest BCUT2D eigenvalue weighted by atomic mass is 16.6. The van der Waals surface area contributed by atoms with Crippen LogP contribution in [0.3, 0.4) is 0 Å². The molecule has 19 heavy (non-hydrogen) atoms. The summed E-state index contributed by atoms with van der Waals surface area (Å²) in [7, 11) is 0. The lowest BCUT2D eigenvalue weighted by Gasteiger charge is -2.07. The lowest BCUT2D eigenvalue weighted by Crippen LogP contribution is -1.95. The van der Waals surface area contributed by atoms with Crippen LogP contribution in [0.15, 0.2) is 42.6 Å². The summed E-state index contributed by atoms with van der Waals surface area (Å²) < 4.78 is 5.48. The van der Waals surface area contributed by atoms with Crippen LogP contribution in [0.5, 0.6) is 11.5 Å². The molecule has 0 fully saturated rings. The van der Waals surface area contributed by atoms with E-state index in [0.29, 0.717) is 17.2 Å². The summed E-state index contributed by atoms with van der Waals surface area (Å²) in [5.74, 6) is 0.982. The Balaban J connectivity index is 2.10. The van der Waals surface area contributed by atoms with Crippen LogP contribution in [-0.4, -0.2) is 15.0 Å². The van der Waals surface area contributed by atoms with E-state index >= 15 is 0 Å². The fraction of sp³-hybridized carbons (Fsp3) is 0.154. The standard InChI is InChI=1S/C13H12N2O4/c1-9(16)13-7-6-12(8-14-13)19-11-4-2-10(3-5-11)15(17)18/h2-9,16H,1H3. The summed E-state index contributed by atoms with van der Waals surface area (Å²) in [6.07, 6.45) is 0.858. The van der Waals surface area contributed by atoms with Crippen LogP contribution in [0, 0.1) is 10.1 Å². The average Bonchev–Trinajstić information content (AvgIpc) is 2.40. The molecule has 6 heteroatoms. The SMILES string of the molecule is CC(O)c1ccc(Oc2ccc([N+](=O)[O-])cc2)cn1. The minimum absolute atomic E-state index is 0.00919. The summed E-state index contributed by atoms with van der Waals surface area (Å²) >= 11 is 0. The van der Waals surface area contributed by atoms with Crippen LogP contribution in [0.2, 0.25) is 0 Å². The third-order valence-corrected chi connectivity index (χ3v) is 2.47. The molecule has 2 aromatic rings. The van der Waals surface area contributed by atoms with Crippen LogP contribution in [-0.2, 0) is 0 Å². The van der Waals surface area contributed by atoms with Gasteiger partial charge in [0.15, 0.2) is 0 Å². The second-order valence-electron chi connectivity index (χ2n) is 3.95. The van der Waals surface area contributed by atoms with Gasteiger partial charge in [0, 0.05) is 12.1 Å². The summed E-state index contributed by atoms with van der Waals surface area (Å²) in [4.78, 5) is 14.1. The number of hydrogen-bond donors (Lipinski definition) is 1. The Bertz CT molecular complexity index is 564. The first-order valence-corrected chi connectivity index (χ1v) is 5.62. The predicted octanol–water partition coefficient (Wildman–Crippen LogP) is 2.84. The Morgan fingerprint density at radius 1 is 1.21 bits per heavy atom. The minimum Gasteiger partial charge on any atom is -0.456 e. The molecule has 1 aromatic heterocycles. The molecule has 0 bridgehead atoms. The van der Waals surface area contributed by atoms with Gasteiger partial charge in [-0.3, -0.25) is 15.1 Å². The summed E-state index contributed by atoms with van der Waals surface area (Å²) in [5, 5.41) is 19.8. The average molecular weight is 260 g/mol. The van der Waals surface area contributed by atoms with Gasteiger partial charge in [0.1, 0.15) is 11.5 Å². The van der Waals surface area contributed by atoms with Gasteiger partial charge in [-0.25, -0.2) is 0 Å². The number of aromatic nitrogens is 1. The van der Waals surface area contributed by atoms with Crippen molar-refractivity contribution in [3.63, 3.8) is 0 Å². The number of nitro groups is 1. The zero-order valence-corrected chi connectivity index (χ0v) is 10.2. The molecule has 0 amide bonds. The lowest BCUT2D eigenvalue weighted by atomic mass is 10.2. The number of benzene rings is 1. The van der Waals surface area contributed by atoms with Gasteiger partial charge >= 0.3 is 0 Å². The highest BCUT2D eigenvalue weighted by Crippen LogP contribution is 2.23. The highest BCUT2D eigenvalue weighted by molar-refractivity contribution is 5.38. The van der Waals surface area contributed by atoms with Crippen molar-refractivity contribution in [2.45, 2.75) is 13.0 Å². The zero-order valence-electron chi connectivity index (χ0n) is 10.2. The smallest absolute Gasteiger partial charge is 0.269 e. The molecule has 0 saturated carbocycles. The largest absolute Gasteiger partial charge is 0.456 e. The quantitative estimate of drug-likeness (QED) is 0.674. The second-order valence-corrected chi connectivity index (χ2v) is 3.95. The lowest BCUT2D eigenvalue weighted by molar-refractivity contribution is -0.384. The maximum absolute atomic E-state index is 10.5. The molecule has 0 aliphatic carbocycles. The first-order chi connectivity index (χ1) is 9.06. The fourth-order valence-corrected chi connectivity index (χ4v) is 1.47. The normalized spacial score (nSPS) is 11.9. The van der Waals surface area contributed by atoms with Gasteiger partial charge in [0.2, 0.25) is 0 Å². The summed E-state index contributed by atoms with van der Waals surface area (Å²) in [6.45, 7) is 1.62. The first kappa shape index (κ1) is 13.0. The van der Waals surface area contributed by atoms with Crippen molar-refractivity contribution in [1.29, 1.82) is 0 Å². The molecule has 0 radical (unpaired) electrons. The number of rotatable bonds is 4. The maximum Gasteiger partial charge on any atom is 0.269 e. The van der Waals surface area contributed by atoms with Gasteiger partial charge in [-0.05, 0) is 31.2 Å². The molecule has 2 rings (SSSR count). The van der Waals surface area contributed by atoms with Crippen molar-refractivity contribution in [3.8, 4) is 11.5 Å². The van der Waals surface area contributed by atoms with Crippen LogP contribution in [0.25, 0.3) is 0 Å². The number of nitrogens with zero attached hydrogens (tertiary/aromatic N) is 2. The van der Waals surface area contributed by atoms with E-state index < -0.39 is 11.0 Å². The Labute approximate surface area is 109 Å². The molecule has 6 nitrogen and oxygen atoms in total. The van der Waals surface area contributed by atoms with E-state index in [1.54, 1.807) is 19.1 Å². The van der Waals surface area contributed by atoms with Gasteiger partial charge in [-0.1, -0.05) is 0 Å². The van der Waals surface area contributed by atoms with Crippen molar-refractivity contribution in [1.82, 2.24) is 4.98 Å². The number of nitro benzene ring substituents is 1. The van der Waals surface area contributed by atoms with E-state index in [0.717, 1.165) is 0 Å². The van der Waals surface area contributed by atoms with Crippen LogP contribution >= 0.6 is 0 Å². The maximum atomic E-state index is 10.5. The molecule has 98 valence electrons. The van der Waals surface area contributed by atoms with Gasteiger partial charge in [-0.2, -0.15) is 0 Å². The molecule has 0 aliphatic rings. The van der Waals surface area contributed by atoms with Crippen molar-refractivity contribution in [3.05, 3.63) is 58.4 Å². The van der Waals surface area contributed by atoms with E-state index in [9.17, 15) is 15.2 Å². The zero-order chi connectivity index (χ0) is 13.8. The number of hydrogen-bond acceptors (Lipinski definition) is 5. The summed E-state index contributed by atoms with van der Waals surface area (Å²) in [5.41, 5.74) is 0.561. The van der Waals surface area contributed by atoms with Crippen LogP contribution < -0.4 is 4.74 Å². The molecule has 1 atom stereocenters. The third kappa shape index (κ3) is 3.26. The number of non-ortho nitro benzene ring substituents is 1. The Hall–Kier alpha value is -2.47. The predicted molar refractivity (Wildman–Crippen MR) is 68.0 cm³/mol. The molecule has 1 unspecified atom stereocenters. The molecular formula is C13H12N2O4. The molecule has 1 heterocycles. The Morgan fingerprint density at radius 2 is 1.84 bits per heavy atom. The third-order valence-electron chi connectivity index (χ3n) is 2.47. The van der Waals surface area contributed by atoms with Crippen LogP contribution in [0.1, 0.15) is 18.7 Å². The second kappa shape index (κ2) is 5.45. The van der Waals surface area contributed by atoms with E-state index in [-0.39, 0.29) is 5.69 Å². The molecule has 0 spiro atoms. The van der Waals surface area contributed by atoms with Crippen LogP contribution in [0.4, 0.5) is 5.69 Å².